The van der Waals surface area contributed by atoms with Crippen molar-refractivity contribution >= 4 is 56.6 Å². The standard InChI is InChI=1S/C18H11F12I2N3O2/c19-15(20,21)9-1-7(2-10(8(9)5-33)16(22,23)24)35-13(37)14(6(3-31)4-32,12(36)18(28,29)30)11(34-35)17(25,26)27/h1-2,6,12-13,36-37H,3-4H2. The third-order valence-electron chi connectivity index (χ3n) is 5.47. The number of anilines is 1. The van der Waals surface area contributed by atoms with Crippen molar-refractivity contribution in [3.05, 3.63) is 28.8 Å². The zero-order valence-corrected chi connectivity index (χ0v) is 21.6. The van der Waals surface area contributed by atoms with Crippen molar-refractivity contribution in [3.63, 3.8) is 0 Å². The van der Waals surface area contributed by atoms with Gasteiger partial charge in [0.05, 0.1) is 22.4 Å². The summed E-state index contributed by atoms with van der Waals surface area (Å²) in [4.78, 5) is 0. The molecular weight excluding hydrogens is 772 g/mol. The summed E-state index contributed by atoms with van der Waals surface area (Å²) in [6.07, 6.45) is -30.2. The minimum Gasteiger partial charge on any atom is -0.383 e. The van der Waals surface area contributed by atoms with E-state index in [4.69, 9.17) is 5.26 Å². The van der Waals surface area contributed by atoms with Crippen LogP contribution in [0.4, 0.5) is 58.4 Å². The van der Waals surface area contributed by atoms with Gasteiger partial charge < -0.3 is 10.2 Å². The Morgan fingerprint density at radius 2 is 1.35 bits per heavy atom. The van der Waals surface area contributed by atoms with Crippen LogP contribution in [0.3, 0.4) is 0 Å². The summed E-state index contributed by atoms with van der Waals surface area (Å²) in [7, 11) is 0. The molecule has 2 N–H and O–H groups in total. The van der Waals surface area contributed by atoms with Gasteiger partial charge in [-0.05, 0) is 18.1 Å². The predicted molar refractivity (Wildman–Crippen MR) is 119 cm³/mol. The number of nitriles is 1. The van der Waals surface area contributed by atoms with E-state index in [1.54, 1.807) is 0 Å². The first kappa shape index (κ1) is 31.9. The molecule has 1 aliphatic heterocycles. The van der Waals surface area contributed by atoms with Crippen LogP contribution in [0, 0.1) is 22.7 Å². The summed E-state index contributed by atoms with van der Waals surface area (Å²) in [5.74, 6) is -1.88. The van der Waals surface area contributed by atoms with Gasteiger partial charge in [-0.3, -0.25) is 0 Å². The number of hydrazone groups is 1. The summed E-state index contributed by atoms with van der Waals surface area (Å²) >= 11 is 2.71. The van der Waals surface area contributed by atoms with Gasteiger partial charge in [-0.2, -0.15) is 63.0 Å². The number of benzene rings is 1. The predicted octanol–water partition coefficient (Wildman–Crippen LogP) is 6.05. The van der Waals surface area contributed by atoms with Gasteiger partial charge in [0.1, 0.15) is 11.5 Å². The van der Waals surface area contributed by atoms with E-state index < -0.39 is 90.3 Å². The Morgan fingerprint density at radius 3 is 1.65 bits per heavy atom. The summed E-state index contributed by atoms with van der Waals surface area (Å²) in [6.45, 7) is 0. The maximum atomic E-state index is 14.0. The van der Waals surface area contributed by atoms with Crippen molar-refractivity contribution in [2.24, 2.45) is 16.4 Å². The lowest BCUT2D eigenvalue weighted by atomic mass is 9.67. The number of hydrogen-bond donors (Lipinski definition) is 2. The molecule has 0 aromatic heterocycles. The number of nitrogens with zero attached hydrogens (tertiary/aromatic N) is 3. The third kappa shape index (κ3) is 5.70. The Balaban J connectivity index is 3.02. The van der Waals surface area contributed by atoms with Gasteiger partial charge >= 0.3 is 24.7 Å². The highest BCUT2D eigenvalue weighted by molar-refractivity contribution is 14.1. The van der Waals surface area contributed by atoms with E-state index in [2.05, 4.69) is 5.10 Å². The summed E-state index contributed by atoms with van der Waals surface area (Å²) < 4.78 is 163. The van der Waals surface area contributed by atoms with Crippen LogP contribution >= 0.6 is 45.2 Å². The molecule has 1 aromatic carbocycles. The molecule has 1 heterocycles. The topological polar surface area (TPSA) is 79.9 Å². The Hall–Kier alpha value is -1.28. The molecule has 0 amide bonds. The second-order valence-corrected chi connectivity index (χ2v) is 9.33. The number of aliphatic hydroxyl groups excluding tert-OH is 2. The summed E-state index contributed by atoms with van der Waals surface area (Å²) in [5, 5.41) is 32.1. The number of hydrogen-bond acceptors (Lipinski definition) is 5. The molecule has 2 rings (SSSR count). The lowest BCUT2D eigenvalue weighted by Crippen LogP contribution is -2.64. The molecule has 208 valence electrons. The Labute approximate surface area is 226 Å². The molecule has 37 heavy (non-hydrogen) atoms. The van der Waals surface area contributed by atoms with Crippen molar-refractivity contribution < 1.29 is 62.9 Å². The second-order valence-electron chi connectivity index (χ2n) is 7.57. The van der Waals surface area contributed by atoms with Crippen molar-refractivity contribution in [1.29, 1.82) is 5.26 Å². The average Bonchev–Trinajstić information content (AvgIpc) is 3.05. The van der Waals surface area contributed by atoms with Crippen LogP contribution in [0.5, 0.6) is 0 Å². The Bertz CT molecular complexity index is 1050. The van der Waals surface area contributed by atoms with E-state index in [0.29, 0.717) is 6.07 Å². The van der Waals surface area contributed by atoms with Crippen LogP contribution in [0.15, 0.2) is 17.2 Å². The fraction of sp³-hybridized carbons (Fsp3) is 0.556. The minimum absolute atomic E-state index is 0.256. The lowest BCUT2D eigenvalue weighted by Gasteiger charge is -2.44. The summed E-state index contributed by atoms with van der Waals surface area (Å²) in [6, 6.07) is 0.190. The first-order valence-electron chi connectivity index (χ1n) is 9.32. The molecule has 0 spiro atoms. The fourth-order valence-corrected chi connectivity index (χ4v) is 7.14. The molecule has 0 aliphatic carbocycles. The molecule has 0 bridgehead atoms. The van der Waals surface area contributed by atoms with E-state index >= 15 is 0 Å². The SMILES string of the molecule is N#Cc1c(C(F)(F)F)cc(N2N=C(C(F)(F)F)C(C(CI)CI)(C(O)C(F)(F)F)C2O)cc1C(F)(F)F. The van der Waals surface area contributed by atoms with Gasteiger partial charge in [0, 0.05) is 8.86 Å². The maximum absolute atomic E-state index is 14.0. The molecule has 0 saturated heterocycles. The highest BCUT2D eigenvalue weighted by atomic mass is 127. The molecule has 1 aromatic rings. The van der Waals surface area contributed by atoms with Crippen LogP contribution < -0.4 is 5.01 Å². The molecule has 5 nitrogen and oxygen atoms in total. The minimum atomic E-state index is -5.84. The maximum Gasteiger partial charge on any atom is 0.432 e. The van der Waals surface area contributed by atoms with E-state index in [-0.39, 0.29) is 12.1 Å². The van der Waals surface area contributed by atoms with Gasteiger partial charge in [-0.1, -0.05) is 45.2 Å². The van der Waals surface area contributed by atoms with Crippen molar-refractivity contribution in [2.45, 2.75) is 37.0 Å². The van der Waals surface area contributed by atoms with Crippen LogP contribution in [0.1, 0.15) is 16.7 Å². The quantitative estimate of drug-likeness (QED) is 0.217. The average molecular weight is 783 g/mol. The first-order valence-corrected chi connectivity index (χ1v) is 12.4. The van der Waals surface area contributed by atoms with E-state index in [9.17, 15) is 62.9 Å². The van der Waals surface area contributed by atoms with E-state index in [1.165, 1.54) is 45.2 Å². The second kappa shape index (κ2) is 10.4. The first-order chi connectivity index (χ1) is 16.6. The van der Waals surface area contributed by atoms with Crippen LogP contribution in [0.2, 0.25) is 0 Å². The lowest BCUT2D eigenvalue weighted by molar-refractivity contribution is -0.248. The molecule has 3 atom stereocenters. The number of alkyl halides is 14. The third-order valence-corrected chi connectivity index (χ3v) is 7.59. The molecule has 0 radical (unpaired) electrons. The highest BCUT2D eigenvalue weighted by Gasteiger charge is 2.71. The van der Waals surface area contributed by atoms with Gasteiger partial charge in [-0.15, -0.1) is 0 Å². The van der Waals surface area contributed by atoms with Crippen LogP contribution in [-0.4, -0.2) is 49.5 Å². The van der Waals surface area contributed by atoms with Gasteiger partial charge in [0.2, 0.25) is 0 Å². The molecule has 19 heteroatoms. The monoisotopic (exact) mass is 783 g/mol. The van der Waals surface area contributed by atoms with Crippen molar-refractivity contribution in [2.75, 3.05) is 13.9 Å². The molecule has 1 aliphatic rings. The number of rotatable bonds is 5. The molecule has 0 fully saturated rings. The fourth-order valence-electron chi connectivity index (χ4n) is 3.87. The largest absolute Gasteiger partial charge is 0.432 e. The summed E-state index contributed by atoms with van der Waals surface area (Å²) in [5.41, 5.74) is -14.3. The zero-order chi connectivity index (χ0) is 28.9. The van der Waals surface area contributed by atoms with Crippen molar-refractivity contribution in [1.82, 2.24) is 0 Å². The molecule has 3 unspecified atom stereocenters. The van der Waals surface area contributed by atoms with Gasteiger partial charge in [-0.25, -0.2) is 5.01 Å². The number of halogens is 14. The highest BCUT2D eigenvalue weighted by Crippen LogP contribution is 2.54. The van der Waals surface area contributed by atoms with E-state index in [0.717, 1.165) is 0 Å². The van der Waals surface area contributed by atoms with Crippen LogP contribution in [-0.2, 0) is 12.4 Å². The Morgan fingerprint density at radius 1 is 0.919 bits per heavy atom. The van der Waals surface area contributed by atoms with Crippen LogP contribution in [0.25, 0.3) is 0 Å². The Kier molecular flexibility index (Phi) is 8.94. The van der Waals surface area contributed by atoms with Gasteiger partial charge in [0.25, 0.3) is 0 Å². The van der Waals surface area contributed by atoms with Crippen molar-refractivity contribution in [3.8, 4) is 6.07 Å². The number of aliphatic hydroxyl groups is 2. The zero-order valence-electron chi connectivity index (χ0n) is 17.3. The van der Waals surface area contributed by atoms with E-state index in [1.807, 2.05) is 0 Å². The smallest absolute Gasteiger partial charge is 0.383 e. The normalized spacial score (nSPS) is 22.3. The molecular formula is C18H11F12I2N3O2. The molecule has 0 saturated carbocycles. The van der Waals surface area contributed by atoms with Gasteiger partial charge in [0.15, 0.2) is 18.0 Å².